The summed E-state index contributed by atoms with van der Waals surface area (Å²) in [5.41, 5.74) is 0.920. The molecule has 5 rings (SSSR count). The van der Waals surface area contributed by atoms with E-state index in [1.807, 2.05) is 38.1 Å². The summed E-state index contributed by atoms with van der Waals surface area (Å²) >= 11 is 12.9. The molecule has 0 aliphatic carbocycles. The summed E-state index contributed by atoms with van der Waals surface area (Å²) < 4.78 is 12.0. The lowest BCUT2D eigenvalue weighted by Gasteiger charge is -2.39. The molecule has 2 aromatic heterocycles. The van der Waals surface area contributed by atoms with E-state index in [0.717, 1.165) is 0 Å². The number of aliphatic hydroxyl groups is 1. The van der Waals surface area contributed by atoms with E-state index in [1.165, 1.54) is 16.8 Å². The Balaban J connectivity index is 0.00000245. The lowest BCUT2D eigenvalue weighted by atomic mass is 9.91. The first-order valence-corrected chi connectivity index (χ1v) is 16.1. The van der Waals surface area contributed by atoms with Gasteiger partial charge >= 0.3 is 0 Å². The van der Waals surface area contributed by atoms with Crippen LogP contribution in [0.2, 0.25) is 10.0 Å². The quantitative estimate of drug-likeness (QED) is 0.172. The van der Waals surface area contributed by atoms with Gasteiger partial charge < -0.3 is 25.2 Å². The van der Waals surface area contributed by atoms with Gasteiger partial charge in [-0.05, 0) is 49.2 Å². The highest BCUT2D eigenvalue weighted by atomic mass is 35.5. The van der Waals surface area contributed by atoms with Gasteiger partial charge in [-0.2, -0.15) is 5.10 Å². The van der Waals surface area contributed by atoms with Crippen molar-refractivity contribution in [2.45, 2.75) is 38.6 Å². The van der Waals surface area contributed by atoms with Crippen LogP contribution in [0.25, 0.3) is 16.9 Å². The molecule has 1 aliphatic heterocycles. The Kier molecular flexibility index (Phi) is 12.9. The minimum absolute atomic E-state index is 0.0498. The van der Waals surface area contributed by atoms with Crippen molar-refractivity contribution in [3.8, 4) is 16.9 Å². The topological polar surface area (TPSA) is 131 Å². The van der Waals surface area contributed by atoms with E-state index in [9.17, 15) is 14.7 Å². The van der Waals surface area contributed by atoms with Gasteiger partial charge in [0.2, 0.25) is 0 Å². The van der Waals surface area contributed by atoms with E-state index in [4.69, 9.17) is 32.7 Å². The number of nitrogens with zero attached hydrogens (tertiary/aromatic N) is 4. The molecule has 0 radical (unpaired) electrons. The van der Waals surface area contributed by atoms with Crippen LogP contribution < -0.4 is 10.6 Å². The van der Waals surface area contributed by atoms with E-state index < -0.39 is 17.4 Å². The largest absolute Gasteiger partial charge is 0.388 e. The van der Waals surface area contributed by atoms with E-state index in [0.29, 0.717) is 54.4 Å². The number of methoxy groups -OCH3 is 2. The lowest BCUT2D eigenvalue weighted by Crippen LogP contribution is -2.52. The van der Waals surface area contributed by atoms with Gasteiger partial charge in [0, 0.05) is 58.2 Å². The number of carbonyl (C=O) groups is 2. The molecule has 47 heavy (non-hydrogen) atoms. The zero-order valence-corrected chi connectivity index (χ0v) is 28.4. The number of carbonyl (C=O) groups excluding carboxylic acids is 2. The SMILES string of the molecule is CC.COC(CN1CCC(O)(CNC(=O)c2cc(NC(=O)c3cc(-c4ccccn4)c(Cl)cc3Cl)n(-c3ccccc3)n2)CC1)OC. The molecule has 3 N–H and O–H groups in total. The number of likely N-dealkylation sites (tertiary alicyclic amines) is 1. The summed E-state index contributed by atoms with van der Waals surface area (Å²) in [5.74, 6) is -0.764. The van der Waals surface area contributed by atoms with E-state index in [1.54, 1.807) is 50.7 Å². The highest BCUT2D eigenvalue weighted by Gasteiger charge is 2.34. The summed E-state index contributed by atoms with van der Waals surface area (Å²) in [7, 11) is 3.18. The number of anilines is 1. The molecule has 1 saturated heterocycles. The van der Waals surface area contributed by atoms with Gasteiger partial charge in [0.15, 0.2) is 12.0 Å². The number of rotatable bonds is 11. The molecule has 0 unspecified atom stereocenters. The van der Waals surface area contributed by atoms with Crippen molar-refractivity contribution in [1.29, 1.82) is 0 Å². The Labute approximate surface area is 284 Å². The maximum Gasteiger partial charge on any atom is 0.271 e. The molecule has 0 saturated carbocycles. The Hall–Kier alpha value is -3.84. The Morgan fingerprint density at radius 3 is 2.28 bits per heavy atom. The second-order valence-corrected chi connectivity index (χ2v) is 11.6. The fraction of sp³-hybridized carbons (Fsp3) is 0.353. The third-order valence-corrected chi connectivity index (χ3v) is 8.35. The van der Waals surface area contributed by atoms with Crippen molar-refractivity contribution in [1.82, 2.24) is 25.0 Å². The molecule has 1 fully saturated rings. The first-order chi connectivity index (χ1) is 22.7. The normalized spacial score (nSPS) is 14.3. The zero-order chi connectivity index (χ0) is 34.0. The molecule has 0 bridgehead atoms. The third kappa shape index (κ3) is 9.16. The van der Waals surface area contributed by atoms with Crippen LogP contribution in [0.5, 0.6) is 0 Å². The smallest absolute Gasteiger partial charge is 0.271 e. The van der Waals surface area contributed by atoms with E-state index in [-0.39, 0.29) is 34.9 Å². The zero-order valence-electron chi connectivity index (χ0n) is 26.9. The number of aromatic nitrogens is 3. The molecule has 3 heterocycles. The van der Waals surface area contributed by atoms with Gasteiger partial charge in [-0.15, -0.1) is 0 Å². The number of para-hydroxylation sites is 1. The molecule has 0 spiro atoms. The van der Waals surface area contributed by atoms with Gasteiger partial charge in [-0.25, -0.2) is 4.68 Å². The highest BCUT2D eigenvalue weighted by Crippen LogP contribution is 2.32. The average molecular weight is 684 g/mol. The van der Waals surface area contributed by atoms with Crippen molar-refractivity contribution in [3.63, 3.8) is 0 Å². The Bertz CT molecular complexity index is 1620. The van der Waals surface area contributed by atoms with Crippen LogP contribution in [0.4, 0.5) is 5.82 Å². The average Bonchev–Trinajstić information content (AvgIpc) is 3.52. The fourth-order valence-electron chi connectivity index (χ4n) is 5.09. The number of benzene rings is 2. The number of halogens is 2. The van der Waals surface area contributed by atoms with Crippen molar-refractivity contribution in [2.24, 2.45) is 0 Å². The summed E-state index contributed by atoms with van der Waals surface area (Å²) in [5, 5.41) is 21.8. The first-order valence-electron chi connectivity index (χ1n) is 15.4. The Morgan fingerprint density at radius 2 is 1.64 bits per heavy atom. The minimum Gasteiger partial charge on any atom is -0.388 e. The van der Waals surface area contributed by atoms with E-state index in [2.05, 4.69) is 25.6 Å². The molecule has 11 nitrogen and oxygen atoms in total. The highest BCUT2D eigenvalue weighted by molar-refractivity contribution is 6.38. The maximum atomic E-state index is 13.5. The van der Waals surface area contributed by atoms with Crippen molar-refractivity contribution >= 4 is 40.8 Å². The number of ether oxygens (including phenoxy) is 2. The number of hydrogen-bond acceptors (Lipinski definition) is 8. The molecular weight excluding hydrogens is 643 g/mol. The molecule has 1 aliphatic rings. The molecule has 13 heteroatoms. The summed E-state index contributed by atoms with van der Waals surface area (Å²) in [6.07, 6.45) is 2.22. The predicted molar refractivity (Wildman–Crippen MR) is 183 cm³/mol. The van der Waals surface area contributed by atoms with Gasteiger partial charge in [0.1, 0.15) is 5.82 Å². The third-order valence-electron chi connectivity index (χ3n) is 7.72. The molecule has 4 aromatic rings. The van der Waals surface area contributed by atoms with Gasteiger partial charge in [0.25, 0.3) is 11.8 Å². The molecular formula is C34H40Cl2N6O5. The van der Waals surface area contributed by atoms with Gasteiger partial charge in [-0.1, -0.05) is 61.3 Å². The van der Waals surface area contributed by atoms with E-state index >= 15 is 0 Å². The van der Waals surface area contributed by atoms with Crippen LogP contribution in [0.15, 0.2) is 72.9 Å². The van der Waals surface area contributed by atoms with Crippen molar-refractivity contribution in [3.05, 3.63) is 94.2 Å². The number of pyridine rings is 1. The number of piperidine rings is 1. The lowest BCUT2D eigenvalue weighted by molar-refractivity contribution is -0.124. The van der Waals surface area contributed by atoms with Crippen molar-refractivity contribution < 1.29 is 24.2 Å². The second-order valence-electron chi connectivity index (χ2n) is 10.8. The van der Waals surface area contributed by atoms with Crippen LogP contribution in [0.3, 0.4) is 0 Å². The standard InChI is InChI=1S/C32H34Cl2N6O5.C2H6/c1-44-29(45-2)19-39-14-11-32(43,12-15-39)20-36-31(42)27-18-28(40(38-27)21-8-4-3-5-9-21)37-30(41)23-16-22(24(33)17-25(23)34)26-10-6-7-13-35-26;1-2/h3-10,13,16-18,29,43H,11-12,14-15,19-20H2,1-2H3,(H,36,42)(H,37,41);1-2H3. The maximum absolute atomic E-state index is 13.5. The molecule has 2 aromatic carbocycles. The number of hydrogen-bond donors (Lipinski definition) is 3. The van der Waals surface area contributed by atoms with Crippen molar-refractivity contribution in [2.75, 3.05) is 45.7 Å². The predicted octanol–water partition coefficient (Wildman–Crippen LogP) is 5.70. The van der Waals surface area contributed by atoms with Crippen LogP contribution in [0, 0.1) is 0 Å². The number of nitrogens with one attached hydrogen (secondary N) is 2. The second kappa shape index (κ2) is 16.8. The molecule has 2 amide bonds. The number of amides is 2. The van der Waals surface area contributed by atoms with Crippen LogP contribution in [-0.4, -0.2) is 88.9 Å². The summed E-state index contributed by atoms with van der Waals surface area (Å²) in [4.78, 5) is 33.3. The van der Waals surface area contributed by atoms with Crippen LogP contribution in [0.1, 0.15) is 47.5 Å². The van der Waals surface area contributed by atoms with Crippen LogP contribution in [-0.2, 0) is 9.47 Å². The molecule has 0 atom stereocenters. The first kappa shape index (κ1) is 36.0. The van der Waals surface area contributed by atoms with Crippen LogP contribution >= 0.6 is 23.2 Å². The Morgan fingerprint density at radius 1 is 0.957 bits per heavy atom. The summed E-state index contributed by atoms with van der Waals surface area (Å²) in [6, 6.07) is 19.0. The minimum atomic E-state index is -1.07. The monoisotopic (exact) mass is 682 g/mol. The summed E-state index contributed by atoms with van der Waals surface area (Å²) in [6.45, 7) is 5.90. The van der Waals surface area contributed by atoms with Gasteiger partial charge in [-0.3, -0.25) is 19.5 Å². The molecule has 250 valence electrons. The van der Waals surface area contributed by atoms with Gasteiger partial charge in [0.05, 0.1) is 32.6 Å². The fourth-order valence-corrected chi connectivity index (χ4v) is 5.66.